The molecule has 138 valence electrons. The second-order valence-corrected chi connectivity index (χ2v) is 6.71. The lowest BCUT2D eigenvalue weighted by molar-refractivity contribution is -0.137. The third-order valence-electron chi connectivity index (χ3n) is 3.07. The first kappa shape index (κ1) is 19.8. The number of nitrogens with one attached hydrogen (secondary N) is 1. The molecule has 0 aromatic heterocycles. The van der Waals surface area contributed by atoms with Crippen molar-refractivity contribution in [3.05, 3.63) is 59.9 Å². The van der Waals surface area contributed by atoms with Gasteiger partial charge < -0.3 is 4.74 Å². The third-order valence-corrected chi connectivity index (χ3v) is 4.49. The number of hydrogen-bond donors (Lipinski definition) is 1. The van der Waals surface area contributed by atoms with Crippen LogP contribution in [0, 0.1) is 17.7 Å². The molecule has 0 aliphatic rings. The van der Waals surface area contributed by atoms with E-state index in [2.05, 4.69) is 16.6 Å². The Labute approximate surface area is 147 Å². The summed E-state index contributed by atoms with van der Waals surface area (Å²) in [5.41, 5.74) is -0.838. The zero-order valence-corrected chi connectivity index (χ0v) is 14.0. The lowest BCUT2D eigenvalue weighted by Crippen LogP contribution is -2.24. The number of rotatable bonds is 5. The van der Waals surface area contributed by atoms with E-state index < -0.39 is 27.6 Å². The van der Waals surface area contributed by atoms with Gasteiger partial charge in [0.15, 0.2) is 0 Å². The summed E-state index contributed by atoms with van der Waals surface area (Å²) in [6.45, 7) is -0.439. The van der Waals surface area contributed by atoms with Gasteiger partial charge in [-0.25, -0.2) is 12.8 Å². The van der Waals surface area contributed by atoms with Gasteiger partial charge in [-0.1, -0.05) is 17.9 Å². The molecule has 2 rings (SSSR count). The largest absolute Gasteiger partial charge is 0.481 e. The van der Waals surface area contributed by atoms with E-state index in [1.54, 1.807) is 0 Å². The molecule has 0 saturated carbocycles. The normalized spacial score (nSPS) is 11.5. The van der Waals surface area contributed by atoms with Crippen LogP contribution < -0.4 is 9.46 Å². The van der Waals surface area contributed by atoms with Crippen LogP contribution in [0.4, 0.5) is 17.6 Å². The molecule has 1 N–H and O–H groups in total. The molecule has 2 aromatic carbocycles. The third kappa shape index (κ3) is 5.75. The van der Waals surface area contributed by atoms with Gasteiger partial charge in [0.05, 0.1) is 17.0 Å². The standard InChI is InChI=1S/C17H13F4NO3S/c18-14-6-8-16(9-7-14)26(23,24)22-10-1-2-11-25-15-5-3-4-13(12-15)17(19,20)21/h3-9,12,22H,10-11H2. The molecule has 4 nitrogen and oxygen atoms in total. The molecule has 0 heterocycles. The second-order valence-electron chi connectivity index (χ2n) is 4.95. The highest BCUT2D eigenvalue weighted by Crippen LogP contribution is 2.31. The van der Waals surface area contributed by atoms with Crippen molar-refractivity contribution in [1.29, 1.82) is 0 Å². The zero-order valence-electron chi connectivity index (χ0n) is 13.2. The van der Waals surface area contributed by atoms with Gasteiger partial charge >= 0.3 is 6.18 Å². The van der Waals surface area contributed by atoms with E-state index >= 15 is 0 Å². The van der Waals surface area contributed by atoms with Crippen LogP contribution in [0.3, 0.4) is 0 Å². The molecular weight excluding hydrogens is 374 g/mol. The average Bonchev–Trinajstić information content (AvgIpc) is 2.58. The van der Waals surface area contributed by atoms with Crippen molar-refractivity contribution in [1.82, 2.24) is 4.72 Å². The Balaban J connectivity index is 1.85. The highest BCUT2D eigenvalue weighted by Gasteiger charge is 2.30. The molecule has 0 atom stereocenters. The van der Waals surface area contributed by atoms with Gasteiger partial charge in [0, 0.05) is 0 Å². The predicted octanol–water partition coefficient (Wildman–Crippen LogP) is 3.21. The van der Waals surface area contributed by atoms with E-state index in [1.807, 2.05) is 0 Å². The maximum absolute atomic E-state index is 12.8. The lowest BCUT2D eigenvalue weighted by Gasteiger charge is -2.08. The Hall–Kier alpha value is -2.57. The highest BCUT2D eigenvalue weighted by molar-refractivity contribution is 7.89. The van der Waals surface area contributed by atoms with E-state index in [-0.39, 0.29) is 23.8 Å². The van der Waals surface area contributed by atoms with Crippen LogP contribution in [0.1, 0.15) is 5.56 Å². The minimum atomic E-state index is -4.47. The molecule has 26 heavy (non-hydrogen) atoms. The first-order valence-corrected chi connectivity index (χ1v) is 8.68. The van der Waals surface area contributed by atoms with Crippen molar-refractivity contribution in [2.45, 2.75) is 11.1 Å². The van der Waals surface area contributed by atoms with Crippen molar-refractivity contribution >= 4 is 10.0 Å². The zero-order chi connectivity index (χ0) is 19.2. The molecule has 0 saturated heterocycles. The summed E-state index contributed by atoms with van der Waals surface area (Å²) in [5, 5.41) is 0. The molecule has 0 bridgehead atoms. The summed E-state index contributed by atoms with van der Waals surface area (Å²) in [6.07, 6.45) is -4.47. The molecule has 0 amide bonds. The van der Waals surface area contributed by atoms with Gasteiger partial charge in [0.1, 0.15) is 18.2 Å². The number of hydrogen-bond acceptors (Lipinski definition) is 3. The fraction of sp³-hybridized carbons (Fsp3) is 0.176. The highest BCUT2D eigenvalue weighted by atomic mass is 32.2. The molecule has 0 aliphatic heterocycles. The van der Waals surface area contributed by atoms with E-state index in [0.717, 1.165) is 36.4 Å². The fourth-order valence-corrected chi connectivity index (χ4v) is 2.75. The van der Waals surface area contributed by atoms with Crippen LogP contribution in [0.25, 0.3) is 0 Å². The van der Waals surface area contributed by atoms with Gasteiger partial charge in [0.2, 0.25) is 10.0 Å². The smallest absolute Gasteiger partial charge is 0.416 e. The summed E-state index contributed by atoms with van der Waals surface area (Å²) in [6, 6.07) is 8.59. The van der Waals surface area contributed by atoms with Crippen LogP contribution in [0.15, 0.2) is 53.4 Å². The van der Waals surface area contributed by atoms with Crippen LogP contribution in [0.2, 0.25) is 0 Å². The van der Waals surface area contributed by atoms with Gasteiger partial charge in [-0.2, -0.15) is 17.9 Å². The SMILES string of the molecule is O=S(=O)(NCC#CCOc1cccc(C(F)(F)F)c1)c1ccc(F)cc1. The Morgan fingerprint density at radius 1 is 1.04 bits per heavy atom. The van der Waals surface area contributed by atoms with Crippen LogP contribution in [0.5, 0.6) is 5.75 Å². The number of sulfonamides is 1. The van der Waals surface area contributed by atoms with Crippen molar-refractivity contribution in [2.75, 3.05) is 13.2 Å². The van der Waals surface area contributed by atoms with E-state index in [4.69, 9.17) is 4.74 Å². The van der Waals surface area contributed by atoms with Gasteiger partial charge in [-0.05, 0) is 42.5 Å². The molecule has 0 radical (unpaired) electrons. The minimum absolute atomic E-state index is 0.000942. The average molecular weight is 387 g/mol. The molecular formula is C17H13F4NO3S. The molecule has 0 unspecified atom stereocenters. The summed E-state index contributed by atoms with van der Waals surface area (Å²) < 4.78 is 81.5. The quantitative estimate of drug-likeness (QED) is 0.633. The Kier molecular flexibility index (Phi) is 6.23. The monoisotopic (exact) mass is 387 g/mol. The number of ether oxygens (including phenoxy) is 1. The van der Waals surface area contributed by atoms with Crippen molar-refractivity contribution in [2.24, 2.45) is 0 Å². The van der Waals surface area contributed by atoms with Gasteiger partial charge in [0.25, 0.3) is 0 Å². The number of halogens is 4. The Bertz CT molecular complexity index is 914. The minimum Gasteiger partial charge on any atom is -0.481 e. The van der Waals surface area contributed by atoms with Gasteiger partial charge in [-0.15, -0.1) is 0 Å². The summed E-state index contributed by atoms with van der Waals surface area (Å²) >= 11 is 0. The fourth-order valence-electron chi connectivity index (χ4n) is 1.82. The maximum atomic E-state index is 12.8. The van der Waals surface area contributed by atoms with E-state index in [0.29, 0.717) is 0 Å². The Morgan fingerprint density at radius 2 is 1.73 bits per heavy atom. The molecule has 0 aliphatic carbocycles. The Morgan fingerprint density at radius 3 is 2.38 bits per heavy atom. The van der Waals surface area contributed by atoms with E-state index in [1.165, 1.54) is 12.1 Å². The topological polar surface area (TPSA) is 55.4 Å². The summed E-state index contributed by atoms with van der Waals surface area (Å²) in [5.74, 6) is 4.40. The lowest BCUT2D eigenvalue weighted by atomic mass is 10.2. The number of benzene rings is 2. The summed E-state index contributed by atoms with van der Waals surface area (Å²) in [4.78, 5) is -0.110. The van der Waals surface area contributed by atoms with Gasteiger partial charge in [-0.3, -0.25) is 0 Å². The summed E-state index contributed by atoms with van der Waals surface area (Å²) in [7, 11) is -3.82. The van der Waals surface area contributed by atoms with Crippen molar-refractivity contribution in [3.8, 4) is 17.6 Å². The van der Waals surface area contributed by atoms with Crippen molar-refractivity contribution in [3.63, 3.8) is 0 Å². The first-order chi connectivity index (χ1) is 12.2. The predicted molar refractivity (Wildman–Crippen MR) is 86.3 cm³/mol. The van der Waals surface area contributed by atoms with Crippen molar-refractivity contribution < 1.29 is 30.7 Å². The number of alkyl halides is 3. The maximum Gasteiger partial charge on any atom is 0.416 e. The second kappa shape index (κ2) is 8.21. The molecule has 9 heteroatoms. The molecule has 2 aromatic rings. The molecule has 0 spiro atoms. The van der Waals surface area contributed by atoms with Crippen LogP contribution >= 0.6 is 0 Å². The van der Waals surface area contributed by atoms with Crippen LogP contribution in [-0.2, 0) is 16.2 Å². The molecule has 0 fully saturated rings. The first-order valence-electron chi connectivity index (χ1n) is 7.19. The van der Waals surface area contributed by atoms with E-state index in [9.17, 15) is 26.0 Å². The van der Waals surface area contributed by atoms with Crippen LogP contribution in [-0.4, -0.2) is 21.6 Å².